The van der Waals surface area contributed by atoms with Crippen LogP contribution in [0.4, 0.5) is 10.3 Å². The van der Waals surface area contributed by atoms with Crippen LogP contribution in [0.25, 0.3) is 0 Å². The van der Waals surface area contributed by atoms with Gasteiger partial charge in [0.25, 0.3) is 5.91 Å². The number of ether oxygens (including phenoxy) is 1. The Morgan fingerprint density at radius 3 is 2.81 bits per heavy atom. The number of carbonyl (C=O) groups excluding carboxylic acids is 1. The molecule has 2 aromatic heterocycles. The highest BCUT2D eigenvalue weighted by molar-refractivity contribution is 9.10. The molecule has 4 rings (SSSR count). The molecule has 0 radical (unpaired) electrons. The van der Waals surface area contributed by atoms with Crippen molar-refractivity contribution >= 4 is 39.4 Å². The van der Waals surface area contributed by atoms with Gasteiger partial charge in [0.05, 0.1) is 11.6 Å². The lowest BCUT2D eigenvalue weighted by molar-refractivity contribution is 0.101. The number of hydrogen-bond acceptors (Lipinski definition) is 5. The van der Waals surface area contributed by atoms with E-state index in [0.717, 1.165) is 4.47 Å². The number of aromatic nitrogens is 5. The first-order chi connectivity index (χ1) is 15.0. The second kappa shape index (κ2) is 9.27. The molecule has 158 valence electrons. The summed E-state index contributed by atoms with van der Waals surface area (Å²) in [6.45, 7) is 0.268. The lowest BCUT2D eigenvalue weighted by Crippen LogP contribution is -2.15. The zero-order chi connectivity index (χ0) is 21.8. The Balaban J connectivity index is 1.35. The van der Waals surface area contributed by atoms with Gasteiger partial charge in [-0.1, -0.05) is 45.7 Å². The molecule has 0 aliphatic rings. The van der Waals surface area contributed by atoms with E-state index in [4.69, 9.17) is 16.3 Å². The third-order valence-corrected chi connectivity index (χ3v) is 4.96. The number of anilines is 1. The average Bonchev–Trinajstić information content (AvgIpc) is 3.39. The number of hydrogen-bond donors (Lipinski definition) is 1. The Morgan fingerprint density at radius 2 is 2.00 bits per heavy atom. The van der Waals surface area contributed by atoms with Gasteiger partial charge in [-0.15, -0.1) is 5.10 Å². The predicted octanol–water partition coefficient (Wildman–Crippen LogP) is 4.37. The van der Waals surface area contributed by atoms with Gasteiger partial charge in [0.15, 0.2) is 12.4 Å². The van der Waals surface area contributed by atoms with Crippen molar-refractivity contribution < 1.29 is 13.9 Å². The minimum absolute atomic E-state index is 0.0736. The predicted molar refractivity (Wildman–Crippen MR) is 115 cm³/mol. The normalized spacial score (nSPS) is 10.8. The van der Waals surface area contributed by atoms with Crippen molar-refractivity contribution in [3.8, 4) is 5.75 Å². The first kappa shape index (κ1) is 21.0. The van der Waals surface area contributed by atoms with Crippen LogP contribution < -0.4 is 10.1 Å². The highest BCUT2D eigenvalue weighted by Gasteiger charge is 2.13. The second-order valence-electron chi connectivity index (χ2n) is 6.40. The molecule has 2 aromatic carbocycles. The Hall–Kier alpha value is -3.24. The van der Waals surface area contributed by atoms with Crippen molar-refractivity contribution in [2.24, 2.45) is 0 Å². The number of amides is 1. The summed E-state index contributed by atoms with van der Waals surface area (Å²) in [7, 11) is 0. The van der Waals surface area contributed by atoms with Gasteiger partial charge in [0, 0.05) is 16.2 Å². The topological polar surface area (TPSA) is 86.9 Å². The molecule has 8 nitrogen and oxygen atoms in total. The maximum absolute atomic E-state index is 13.8. The van der Waals surface area contributed by atoms with Gasteiger partial charge in [-0.05, 0) is 30.3 Å². The first-order valence-corrected chi connectivity index (χ1v) is 10.2. The lowest BCUT2D eigenvalue weighted by atomic mass is 10.2. The van der Waals surface area contributed by atoms with Crippen LogP contribution in [0.2, 0.25) is 5.02 Å². The van der Waals surface area contributed by atoms with E-state index in [1.54, 1.807) is 36.5 Å². The van der Waals surface area contributed by atoms with Gasteiger partial charge < -0.3 is 4.74 Å². The molecule has 0 aliphatic carbocycles. The highest BCUT2D eigenvalue weighted by Crippen LogP contribution is 2.27. The zero-order valence-electron chi connectivity index (χ0n) is 15.9. The van der Waals surface area contributed by atoms with E-state index < -0.39 is 5.91 Å². The number of nitrogens with one attached hydrogen (secondary N) is 1. The average molecular weight is 506 g/mol. The molecule has 11 heteroatoms. The number of rotatable bonds is 7. The van der Waals surface area contributed by atoms with E-state index in [1.165, 1.54) is 27.8 Å². The fourth-order valence-corrected chi connectivity index (χ4v) is 3.41. The van der Waals surface area contributed by atoms with Gasteiger partial charge in [-0.2, -0.15) is 5.10 Å². The molecule has 0 unspecified atom stereocenters. The van der Waals surface area contributed by atoms with Gasteiger partial charge in [0.2, 0.25) is 5.95 Å². The van der Waals surface area contributed by atoms with Crippen molar-refractivity contribution in [3.63, 3.8) is 0 Å². The fourth-order valence-electron chi connectivity index (χ4n) is 2.68. The summed E-state index contributed by atoms with van der Waals surface area (Å²) < 4.78 is 23.1. The Morgan fingerprint density at radius 1 is 1.16 bits per heavy atom. The van der Waals surface area contributed by atoms with E-state index in [9.17, 15) is 9.18 Å². The molecule has 0 fully saturated rings. The molecule has 0 bridgehead atoms. The smallest absolute Gasteiger partial charge is 0.278 e. The van der Waals surface area contributed by atoms with Gasteiger partial charge in [0.1, 0.15) is 17.9 Å². The van der Waals surface area contributed by atoms with Crippen molar-refractivity contribution in [1.82, 2.24) is 24.5 Å². The van der Waals surface area contributed by atoms with Crippen LogP contribution in [-0.4, -0.2) is 30.5 Å². The van der Waals surface area contributed by atoms with Crippen LogP contribution in [0, 0.1) is 5.82 Å². The summed E-state index contributed by atoms with van der Waals surface area (Å²) in [6, 6.07) is 13.2. The maximum Gasteiger partial charge on any atom is 0.278 e. The van der Waals surface area contributed by atoms with Crippen molar-refractivity contribution in [3.05, 3.63) is 87.6 Å². The summed E-state index contributed by atoms with van der Waals surface area (Å²) in [6.07, 6.45) is 3.02. The van der Waals surface area contributed by atoms with Crippen LogP contribution in [-0.2, 0) is 13.3 Å². The van der Waals surface area contributed by atoms with E-state index in [0.29, 0.717) is 16.3 Å². The number of nitrogens with zero attached hydrogens (tertiary/aromatic N) is 5. The first-order valence-electron chi connectivity index (χ1n) is 9.03. The van der Waals surface area contributed by atoms with E-state index in [-0.39, 0.29) is 30.7 Å². The number of carbonyl (C=O) groups is 1. The van der Waals surface area contributed by atoms with Crippen LogP contribution in [0.1, 0.15) is 16.1 Å². The quantitative estimate of drug-likeness (QED) is 0.403. The Kier molecular flexibility index (Phi) is 6.28. The van der Waals surface area contributed by atoms with E-state index >= 15 is 0 Å². The molecular weight excluding hydrogens is 491 g/mol. The molecule has 0 saturated carbocycles. The maximum atomic E-state index is 13.8. The molecular formula is C20H15BrClFN6O2. The molecule has 31 heavy (non-hydrogen) atoms. The fraction of sp³-hybridized carbons (Fsp3) is 0.100. The lowest BCUT2D eigenvalue weighted by Gasteiger charge is -2.08. The van der Waals surface area contributed by atoms with Crippen LogP contribution >= 0.6 is 27.5 Å². The molecule has 0 saturated heterocycles. The van der Waals surface area contributed by atoms with Crippen molar-refractivity contribution in [2.75, 3.05) is 5.32 Å². The molecule has 1 N–H and O–H groups in total. The van der Waals surface area contributed by atoms with Crippen LogP contribution in [0.3, 0.4) is 0 Å². The van der Waals surface area contributed by atoms with Gasteiger partial charge in [-0.25, -0.2) is 18.7 Å². The Bertz CT molecular complexity index is 1230. The van der Waals surface area contributed by atoms with Crippen molar-refractivity contribution in [2.45, 2.75) is 13.3 Å². The van der Waals surface area contributed by atoms with Crippen LogP contribution in [0.15, 0.2) is 65.5 Å². The van der Waals surface area contributed by atoms with Gasteiger partial charge >= 0.3 is 0 Å². The summed E-state index contributed by atoms with van der Waals surface area (Å²) in [5.74, 6) is -0.227. The monoisotopic (exact) mass is 504 g/mol. The summed E-state index contributed by atoms with van der Waals surface area (Å²) in [5.41, 5.74) is 0.630. The minimum Gasteiger partial charge on any atom is -0.470 e. The largest absolute Gasteiger partial charge is 0.470 e. The third kappa shape index (κ3) is 5.28. The minimum atomic E-state index is -0.482. The molecule has 1 amide bonds. The Labute approximate surface area is 189 Å². The van der Waals surface area contributed by atoms with Crippen LogP contribution in [0.5, 0.6) is 5.75 Å². The highest BCUT2D eigenvalue weighted by atomic mass is 79.9. The molecule has 0 aliphatic heterocycles. The summed E-state index contributed by atoms with van der Waals surface area (Å²) in [5, 5.41) is 11.3. The van der Waals surface area contributed by atoms with Crippen molar-refractivity contribution in [1.29, 1.82) is 0 Å². The summed E-state index contributed by atoms with van der Waals surface area (Å²) in [4.78, 5) is 16.4. The zero-order valence-corrected chi connectivity index (χ0v) is 18.2. The van der Waals surface area contributed by atoms with E-state index in [2.05, 4.69) is 36.4 Å². The molecule has 0 spiro atoms. The molecule has 2 heterocycles. The standard InChI is InChI=1S/C20H15BrClFN6O2/c21-14-5-6-18(15(22)9-14)31-12-28-8-7-17(26-28)19(30)25-20-24-11-29(27-20)10-13-3-1-2-4-16(13)23/h1-9,11H,10,12H2,(H,25,27,30). The molecule has 0 atom stereocenters. The second-order valence-corrected chi connectivity index (χ2v) is 7.72. The number of benzene rings is 2. The SMILES string of the molecule is O=C(Nc1ncn(Cc2ccccc2F)n1)c1ccn(COc2ccc(Br)cc2Cl)n1. The van der Waals surface area contributed by atoms with Gasteiger partial charge in [-0.3, -0.25) is 10.1 Å². The third-order valence-electron chi connectivity index (χ3n) is 4.17. The molecule has 4 aromatic rings. The number of halogens is 3. The summed E-state index contributed by atoms with van der Waals surface area (Å²) >= 11 is 9.45. The van der Waals surface area contributed by atoms with E-state index in [1.807, 2.05) is 6.07 Å².